The maximum Gasteiger partial charge on any atom is 0.180 e. The van der Waals surface area contributed by atoms with Crippen molar-refractivity contribution in [2.24, 2.45) is 0 Å². The lowest BCUT2D eigenvalue weighted by molar-refractivity contribution is 0.462. The minimum atomic E-state index is 0.192. The average Bonchev–Trinajstić information content (AvgIpc) is 3.38. The van der Waals surface area contributed by atoms with Crippen molar-refractivity contribution < 1.29 is 0 Å². The van der Waals surface area contributed by atoms with Gasteiger partial charge in [0.05, 0.1) is 30.5 Å². The number of nitrogens with one attached hydrogen (secondary N) is 2. The van der Waals surface area contributed by atoms with Crippen LogP contribution < -0.4 is 10.2 Å². The van der Waals surface area contributed by atoms with E-state index in [0.717, 1.165) is 47.1 Å². The number of hydrogen-bond acceptors (Lipinski definition) is 7. The summed E-state index contributed by atoms with van der Waals surface area (Å²) in [6.07, 6.45) is 10.7. The molecule has 0 aromatic carbocycles. The standard InChI is InChI=1S/C17H16BrN9/c18-14-9-27-13(6-23-16(27)7-22-14)17-21-2-1-15(25-17)26-4-3-20-12(8-26)11-5-19-10-24-11/h1-2,5-7,9-10,12,20H,3-4,8H2,(H,19,24). The lowest BCUT2D eigenvalue weighted by Gasteiger charge is -2.34. The van der Waals surface area contributed by atoms with Gasteiger partial charge < -0.3 is 15.2 Å². The molecule has 0 bridgehead atoms. The fraction of sp³-hybridized carbons (Fsp3) is 0.235. The second kappa shape index (κ2) is 6.71. The molecule has 4 aromatic rings. The number of aromatic nitrogens is 7. The van der Waals surface area contributed by atoms with Gasteiger partial charge in [-0.2, -0.15) is 0 Å². The van der Waals surface area contributed by atoms with E-state index in [9.17, 15) is 0 Å². The molecule has 10 heteroatoms. The first-order chi connectivity index (χ1) is 13.3. The molecule has 0 spiro atoms. The van der Waals surface area contributed by atoms with Gasteiger partial charge in [0, 0.05) is 38.2 Å². The number of rotatable bonds is 3. The van der Waals surface area contributed by atoms with Crippen molar-refractivity contribution in [2.45, 2.75) is 6.04 Å². The quantitative estimate of drug-likeness (QED) is 0.516. The maximum absolute atomic E-state index is 4.80. The van der Waals surface area contributed by atoms with E-state index < -0.39 is 0 Å². The monoisotopic (exact) mass is 425 g/mol. The van der Waals surface area contributed by atoms with Crippen LogP contribution in [-0.2, 0) is 0 Å². The zero-order chi connectivity index (χ0) is 18.2. The molecule has 27 heavy (non-hydrogen) atoms. The topological polar surface area (TPSA) is 99.9 Å². The molecule has 1 fully saturated rings. The van der Waals surface area contributed by atoms with Crippen molar-refractivity contribution in [3.63, 3.8) is 0 Å². The lowest BCUT2D eigenvalue weighted by Crippen LogP contribution is -2.46. The molecule has 5 heterocycles. The highest BCUT2D eigenvalue weighted by Crippen LogP contribution is 2.23. The van der Waals surface area contributed by atoms with E-state index in [4.69, 9.17) is 4.98 Å². The molecule has 0 radical (unpaired) electrons. The second-order valence-electron chi connectivity index (χ2n) is 6.28. The van der Waals surface area contributed by atoms with Crippen LogP contribution in [0, 0.1) is 0 Å². The third kappa shape index (κ3) is 3.06. The molecule has 0 aliphatic carbocycles. The van der Waals surface area contributed by atoms with E-state index in [0.29, 0.717) is 5.82 Å². The summed E-state index contributed by atoms with van der Waals surface area (Å²) in [4.78, 5) is 27.4. The number of anilines is 1. The molecule has 9 nitrogen and oxygen atoms in total. The number of imidazole rings is 2. The predicted octanol–water partition coefficient (Wildman–Crippen LogP) is 1.82. The Hall–Kier alpha value is -2.85. The van der Waals surface area contributed by atoms with Gasteiger partial charge in [0.15, 0.2) is 11.5 Å². The molecule has 5 rings (SSSR count). The number of piperazine rings is 1. The van der Waals surface area contributed by atoms with Crippen LogP contribution in [0.2, 0.25) is 0 Å². The van der Waals surface area contributed by atoms with Crippen molar-refractivity contribution in [3.05, 3.63) is 53.7 Å². The smallest absolute Gasteiger partial charge is 0.180 e. The molecule has 1 aliphatic heterocycles. The Morgan fingerprint density at radius 3 is 3.00 bits per heavy atom. The number of nitrogens with zero attached hydrogens (tertiary/aromatic N) is 7. The Labute approximate surface area is 163 Å². The minimum absolute atomic E-state index is 0.192. The van der Waals surface area contributed by atoms with Crippen molar-refractivity contribution >= 4 is 27.4 Å². The average molecular weight is 426 g/mol. The maximum atomic E-state index is 4.80. The fourth-order valence-corrected chi connectivity index (χ4v) is 3.61. The SMILES string of the molecule is Brc1cn2c(-c3nccc(N4CCNC(c5cnc[nH]5)C4)n3)cnc2cn1. The van der Waals surface area contributed by atoms with Crippen LogP contribution in [0.15, 0.2) is 48.0 Å². The molecule has 1 saturated heterocycles. The molecule has 136 valence electrons. The largest absolute Gasteiger partial charge is 0.353 e. The van der Waals surface area contributed by atoms with Gasteiger partial charge in [0.2, 0.25) is 0 Å². The first-order valence-corrected chi connectivity index (χ1v) is 9.36. The van der Waals surface area contributed by atoms with Gasteiger partial charge in [-0.15, -0.1) is 0 Å². The van der Waals surface area contributed by atoms with Gasteiger partial charge >= 0.3 is 0 Å². The van der Waals surface area contributed by atoms with Gasteiger partial charge in [-0.05, 0) is 22.0 Å². The number of halogens is 1. The highest BCUT2D eigenvalue weighted by molar-refractivity contribution is 9.10. The third-order valence-electron chi connectivity index (χ3n) is 4.63. The summed E-state index contributed by atoms with van der Waals surface area (Å²) in [5, 5.41) is 3.51. The van der Waals surface area contributed by atoms with Crippen molar-refractivity contribution in [1.82, 2.24) is 39.6 Å². The van der Waals surface area contributed by atoms with Crippen LogP contribution in [0.1, 0.15) is 11.7 Å². The van der Waals surface area contributed by atoms with Crippen molar-refractivity contribution in [2.75, 3.05) is 24.5 Å². The summed E-state index contributed by atoms with van der Waals surface area (Å²) >= 11 is 3.40. The molecule has 1 atom stereocenters. The van der Waals surface area contributed by atoms with E-state index in [1.54, 1.807) is 24.9 Å². The molecular formula is C17H16BrN9. The van der Waals surface area contributed by atoms with Gasteiger partial charge in [0.25, 0.3) is 0 Å². The first-order valence-electron chi connectivity index (χ1n) is 8.56. The summed E-state index contributed by atoms with van der Waals surface area (Å²) in [5.41, 5.74) is 2.66. The molecule has 0 amide bonds. The third-order valence-corrected chi connectivity index (χ3v) is 5.04. The van der Waals surface area contributed by atoms with E-state index >= 15 is 0 Å². The van der Waals surface area contributed by atoms with Crippen LogP contribution in [-0.4, -0.2) is 53.9 Å². The molecular weight excluding hydrogens is 410 g/mol. The fourth-order valence-electron chi connectivity index (χ4n) is 3.30. The Kier molecular flexibility index (Phi) is 4.06. The van der Waals surface area contributed by atoms with Gasteiger partial charge in [-0.1, -0.05) is 0 Å². The zero-order valence-electron chi connectivity index (χ0n) is 14.2. The van der Waals surface area contributed by atoms with Crippen LogP contribution in [0.4, 0.5) is 5.82 Å². The van der Waals surface area contributed by atoms with Gasteiger partial charge in [-0.25, -0.2) is 24.9 Å². The van der Waals surface area contributed by atoms with Crippen molar-refractivity contribution in [1.29, 1.82) is 0 Å². The Bertz CT molecular complexity index is 1080. The number of H-pyrrole nitrogens is 1. The summed E-state index contributed by atoms with van der Waals surface area (Å²) in [5.74, 6) is 1.53. The minimum Gasteiger partial charge on any atom is -0.353 e. The van der Waals surface area contributed by atoms with Crippen molar-refractivity contribution in [3.8, 4) is 11.5 Å². The van der Waals surface area contributed by atoms with Crippen LogP contribution in [0.5, 0.6) is 0 Å². The van der Waals surface area contributed by atoms with Crippen LogP contribution in [0.25, 0.3) is 17.2 Å². The highest BCUT2D eigenvalue weighted by atomic mass is 79.9. The lowest BCUT2D eigenvalue weighted by atomic mass is 10.1. The number of fused-ring (bicyclic) bond motifs is 1. The zero-order valence-corrected chi connectivity index (χ0v) is 15.8. The number of hydrogen-bond donors (Lipinski definition) is 2. The Balaban J connectivity index is 1.47. The molecule has 1 unspecified atom stereocenters. The Morgan fingerprint density at radius 2 is 2.11 bits per heavy atom. The summed E-state index contributed by atoms with van der Waals surface area (Å²) in [6, 6.07) is 2.14. The van der Waals surface area contributed by atoms with Gasteiger partial charge in [0.1, 0.15) is 16.1 Å². The van der Waals surface area contributed by atoms with Gasteiger partial charge in [-0.3, -0.25) is 4.40 Å². The molecule has 4 aromatic heterocycles. The predicted molar refractivity (Wildman–Crippen MR) is 103 cm³/mol. The highest BCUT2D eigenvalue weighted by Gasteiger charge is 2.23. The summed E-state index contributed by atoms with van der Waals surface area (Å²) < 4.78 is 2.66. The molecule has 2 N–H and O–H groups in total. The normalized spacial score (nSPS) is 17.5. The van der Waals surface area contributed by atoms with Crippen LogP contribution >= 0.6 is 15.9 Å². The van der Waals surface area contributed by atoms with E-state index in [2.05, 4.69) is 51.1 Å². The summed E-state index contributed by atoms with van der Waals surface area (Å²) in [6.45, 7) is 2.56. The molecule has 0 saturated carbocycles. The number of aromatic amines is 1. The second-order valence-corrected chi connectivity index (χ2v) is 7.09. The summed E-state index contributed by atoms with van der Waals surface area (Å²) in [7, 11) is 0. The van der Waals surface area contributed by atoms with E-state index in [-0.39, 0.29) is 6.04 Å². The first kappa shape index (κ1) is 16.3. The van der Waals surface area contributed by atoms with E-state index in [1.165, 1.54) is 0 Å². The Morgan fingerprint density at radius 1 is 1.15 bits per heavy atom. The molecule has 1 aliphatic rings. The van der Waals surface area contributed by atoms with Crippen LogP contribution in [0.3, 0.4) is 0 Å². The van der Waals surface area contributed by atoms with E-state index in [1.807, 2.05) is 22.9 Å².